The van der Waals surface area contributed by atoms with Crippen molar-refractivity contribution >= 4 is 16.7 Å². The molecule has 0 bridgehead atoms. The molecule has 0 atom stereocenters. The van der Waals surface area contributed by atoms with Crippen molar-refractivity contribution in [3.8, 4) is 0 Å². The molecule has 0 aliphatic rings. The van der Waals surface area contributed by atoms with Crippen molar-refractivity contribution in [3.05, 3.63) is 42.5 Å². The fourth-order valence-corrected chi connectivity index (χ4v) is 1.93. The third-order valence-electron chi connectivity index (χ3n) is 2.75. The van der Waals surface area contributed by atoms with Crippen LogP contribution in [0, 0.1) is 0 Å². The molecular formula is C12H13N5. The molecule has 86 valence electrons. The van der Waals surface area contributed by atoms with Gasteiger partial charge in [0.15, 0.2) is 0 Å². The normalized spacial score (nSPS) is 11.1. The summed E-state index contributed by atoms with van der Waals surface area (Å²) in [7, 11) is 1.91. The van der Waals surface area contributed by atoms with E-state index in [2.05, 4.69) is 14.6 Å². The lowest BCUT2D eigenvalue weighted by Crippen LogP contribution is -2.00. The summed E-state index contributed by atoms with van der Waals surface area (Å²) in [6, 6.07) is 7.76. The molecule has 1 aromatic carbocycles. The number of benzene rings is 1. The molecule has 2 heterocycles. The van der Waals surface area contributed by atoms with Crippen molar-refractivity contribution in [3.63, 3.8) is 0 Å². The Morgan fingerprint density at radius 2 is 2.18 bits per heavy atom. The highest BCUT2D eigenvalue weighted by Crippen LogP contribution is 2.16. The molecule has 0 aliphatic carbocycles. The Hall–Kier alpha value is -2.30. The average molecular weight is 227 g/mol. The van der Waals surface area contributed by atoms with Gasteiger partial charge >= 0.3 is 0 Å². The maximum atomic E-state index is 5.72. The van der Waals surface area contributed by atoms with Crippen LogP contribution >= 0.6 is 0 Å². The number of hydrogen-bond acceptors (Lipinski definition) is 3. The van der Waals surface area contributed by atoms with Gasteiger partial charge in [0.05, 0.1) is 29.6 Å². The molecule has 5 heteroatoms. The lowest BCUT2D eigenvalue weighted by molar-refractivity contribution is 0.714. The van der Waals surface area contributed by atoms with Gasteiger partial charge in [0.25, 0.3) is 0 Å². The molecule has 3 aromatic rings. The molecule has 5 nitrogen and oxygen atoms in total. The Bertz CT molecular complexity index is 664. The lowest BCUT2D eigenvalue weighted by Gasteiger charge is -2.01. The van der Waals surface area contributed by atoms with E-state index in [1.165, 1.54) is 0 Å². The van der Waals surface area contributed by atoms with Crippen molar-refractivity contribution in [2.75, 3.05) is 5.73 Å². The van der Waals surface area contributed by atoms with Crippen LogP contribution in [-0.4, -0.2) is 19.3 Å². The van der Waals surface area contributed by atoms with Crippen molar-refractivity contribution < 1.29 is 0 Å². The maximum absolute atomic E-state index is 5.72. The topological polar surface area (TPSA) is 61.7 Å². The van der Waals surface area contributed by atoms with Gasteiger partial charge in [0.2, 0.25) is 0 Å². The molecule has 2 N–H and O–H groups in total. The predicted octanol–water partition coefficient (Wildman–Crippen LogP) is 1.40. The molecule has 0 spiro atoms. The largest absolute Gasteiger partial charge is 0.399 e. The second-order valence-corrected chi connectivity index (χ2v) is 4.10. The van der Waals surface area contributed by atoms with Crippen LogP contribution in [0.25, 0.3) is 11.0 Å². The molecule has 0 fully saturated rings. The predicted molar refractivity (Wildman–Crippen MR) is 66.5 cm³/mol. The molecule has 2 aromatic heterocycles. The van der Waals surface area contributed by atoms with Gasteiger partial charge in [-0.15, -0.1) is 0 Å². The second-order valence-electron chi connectivity index (χ2n) is 4.10. The Morgan fingerprint density at radius 3 is 2.94 bits per heavy atom. The third kappa shape index (κ3) is 1.75. The smallest absolute Gasteiger partial charge is 0.0962 e. The summed E-state index contributed by atoms with van der Waals surface area (Å²) in [5.41, 5.74) is 9.47. The summed E-state index contributed by atoms with van der Waals surface area (Å²) >= 11 is 0. The maximum Gasteiger partial charge on any atom is 0.0962 e. The number of nitrogens with two attached hydrogens (primary N) is 1. The molecule has 0 radical (unpaired) electrons. The van der Waals surface area contributed by atoms with E-state index in [0.717, 1.165) is 29.0 Å². The van der Waals surface area contributed by atoms with Crippen LogP contribution in [0.1, 0.15) is 5.69 Å². The molecule has 0 saturated carbocycles. The van der Waals surface area contributed by atoms with Crippen molar-refractivity contribution in [2.24, 2.45) is 7.05 Å². The Balaban J connectivity index is 2.00. The number of fused-ring (bicyclic) bond motifs is 1. The Morgan fingerprint density at radius 1 is 1.29 bits per heavy atom. The number of nitrogen functional groups attached to an aromatic ring is 1. The number of rotatable bonds is 2. The van der Waals surface area contributed by atoms with E-state index in [9.17, 15) is 0 Å². The van der Waals surface area contributed by atoms with Crippen LogP contribution < -0.4 is 5.73 Å². The van der Waals surface area contributed by atoms with Crippen molar-refractivity contribution in [2.45, 2.75) is 6.54 Å². The van der Waals surface area contributed by atoms with Gasteiger partial charge in [-0.1, -0.05) is 0 Å². The fraction of sp³-hybridized carbons (Fsp3) is 0.167. The molecule has 3 rings (SSSR count). The van der Waals surface area contributed by atoms with Gasteiger partial charge in [-0.2, -0.15) is 5.10 Å². The van der Waals surface area contributed by atoms with E-state index >= 15 is 0 Å². The highest BCUT2D eigenvalue weighted by Gasteiger charge is 2.04. The van der Waals surface area contributed by atoms with Crippen molar-refractivity contribution in [1.29, 1.82) is 0 Å². The quantitative estimate of drug-likeness (QED) is 0.673. The minimum Gasteiger partial charge on any atom is -0.399 e. The van der Waals surface area contributed by atoms with Gasteiger partial charge in [0.1, 0.15) is 0 Å². The van der Waals surface area contributed by atoms with E-state index in [0.29, 0.717) is 0 Å². The zero-order chi connectivity index (χ0) is 11.8. The van der Waals surface area contributed by atoms with E-state index in [4.69, 9.17) is 5.73 Å². The number of anilines is 1. The Kier molecular flexibility index (Phi) is 2.11. The van der Waals surface area contributed by atoms with Gasteiger partial charge in [-0.3, -0.25) is 4.68 Å². The number of aryl methyl sites for hydroxylation is 1. The molecule has 17 heavy (non-hydrogen) atoms. The van der Waals surface area contributed by atoms with E-state index in [-0.39, 0.29) is 0 Å². The summed E-state index contributed by atoms with van der Waals surface area (Å²) in [4.78, 5) is 4.33. The number of nitrogens with zero attached hydrogens (tertiary/aromatic N) is 4. The first-order chi connectivity index (χ1) is 8.22. The zero-order valence-electron chi connectivity index (χ0n) is 9.54. The van der Waals surface area contributed by atoms with Gasteiger partial charge in [0, 0.05) is 18.9 Å². The zero-order valence-corrected chi connectivity index (χ0v) is 9.54. The highest BCUT2D eigenvalue weighted by molar-refractivity contribution is 5.78. The van der Waals surface area contributed by atoms with Crippen LogP contribution in [0.4, 0.5) is 5.69 Å². The molecule has 0 saturated heterocycles. The van der Waals surface area contributed by atoms with Crippen LogP contribution in [0.3, 0.4) is 0 Å². The summed E-state index contributed by atoms with van der Waals surface area (Å²) in [5, 5.41) is 4.35. The molecule has 0 amide bonds. The standard InChI is InChI=1S/C12H13N5/c1-16-5-4-10(15-16)7-17-8-14-11-6-9(13)2-3-12(11)17/h2-6,8H,7,13H2,1H3. The van der Waals surface area contributed by atoms with Gasteiger partial charge < -0.3 is 10.3 Å². The van der Waals surface area contributed by atoms with Crippen molar-refractivity contribution in [1.82, 2.24) is 19.3 Å². The minimum absolute atomic E-state index is 0.723. The Labute approximate surface area is 98.5 Å². The SMILES string of the molecule is Cn1ccc(Cn2cnc3cc(N)ccc32)n1. The van der Waals surface area contributed by atoms with E-state index in [1.54, 1.807) is 4.68 Å². The van der Waals surface area contributed by atoms with Crippen LogP contribution in [0.2, 0.25) is 0 Å². The molecule has 0 unspecified atom stereocenters. The summed E-state index contributed by atoms with van der Waals surface area (Å²) in [6.45, 7) is 0.723. The summed E-state index contributed by atoms with van der Waals surface area (Å²) < 4.78 is 3.86. The highest BCUT2D eigenvalue weighted by atomic mass is 15.3. The summed E-state index contributed by atoms with van der Waals surface area (Å²) in [6.07, 6.45) is 3.76. The second kappa shape index (κ2) is 3.62. The first-order valence-corrected chi connectivity index (χ1v) is 5.41. The summed E-state index contributed by atoms with van der Waals surface area (Å²) in [5.74, 6) is 0. The van der Waals surface area contributed by atoms with Crippen LogP contribution in [0.15, 0.2) is 36.8 Å². The monoisotopic (exact) mass is 227 g/mol. The lowest BCUT2D eigenvalue weighted by atomic mass is 10.3. The number of imidazole rings is 1. The van der Waals surface area contributed by atoms with E-state index in [1.807, 2.05) is 43.8 Å². The molecular weight excluding hydrogens is 214 g/mol. The number of hydrogen-bond donors (Lipinski definition) is 1. The fourth-order valence-electron chi connectivity index (χ4n) is 1.93. The minimum atomic E-state index is 0.723. The van der Waals surface area contributed by atoms with Crippen LogP contribution in [-0.2, 0) is 13.6 Å². The van der Waals surface area contributed by atoms with Gasteiger partial charge in [-0.25, -0.2) is 4.98 Å². The van der Waals surface area contributed by atoms with E-state index < -0.39 is 0 Å². The molecule has 0 aliphatic heterocycles. The third-order valence-corrected chi connectivity index (χ3v) is 2.75. The van der Waals surface area contributed by atoms with Crippen LogP contribution in [0.5, 0.6) is 0 Å². The first-order valence-electron chi connectivity index (χ1n) is 5.41. The average Bonchev–Trinajstić information content (AvgIpc) is 2.86. The van der Waals surface area contributed by atoms with Gasteiger partial charge in [-0.05, 0) is 24.3 Å². The number of aromatic nitrogens is 4. The first kappa shape index (κ1) is 9.89.